The Bertz CT molecular complexity index is 482. The normalized spacial score (nSPS) is 18.3. The third kappa shape index (κ3) is 4.12. The van der Waals surface area contributed by atoms with Gasteiger partial charge < -0.3 is 20.1 Å². The number of carbonyl (C=O) groups is 1. The Morgan fingerprint density at radius 2 is 2.05 bits per heavy atom. The molecular weight excluding hydrogens is 282 g/mol. The first-order valence-corrected chi connectivity index (χ1v) is 6.82. The summed E-state index contributed by atoms with van der Waals surface area (Å²) >= 11 is 0. The fourth-order valence-electron chi connectivity index (χ4n) is 2.01. The number of amides is 1. The van der Waals surface area contributed by atoms with Crippen LogP contribution in [0.5, 0.6) is 0 Å². The smallest absolute Gasteiger partial charge is 0.251 e. The van der Waals surface area contributed by atoms with Crippen LogP contribution < -0.4 is 10.6 Å². The number of anilines is 1. The first-order chi connectivity index (χ1) is 10.1. The second kappa shape index (κ2) is 7.33. The average Bonchev–Trinajstić information content (AvgIpc) is 2.49. The van der Waals surface area contributed by atoms with Gasteiger partial charge in [-0.25, -0.2) is 8.78 Å². The fourth-order valence-corrected chi connectivity index (χ4v) is 2.01. The van der Waals surface area contributed by atoms with Crippen molar-refractivity contribution >= 4 is 11.6 Å². The lowest BCUT2D eigenvalue weighted by molar-refractivity contribution is -0.0855. The SMILES string of the molecule is CCNc1c(F)cc(C(=O)NCC2COCCO2)cc1F. The molecule has 1 atom stereocenters. The quantitative estimate of drug-likeness (QED) is 0.866. The van der Waals surface area contributed by atoms with Gasteiger partial charge in [0.2, 0.25) is 0 Å². The van der Waals surface area contributed by atoms with Crippen molar-refractivity contribution in [2.24, 2.45) is 0 Å². The van der Waals surface area contributed by atoms with E-state index in [1.54, 1.807) is 6.92 Å². The summed E-state index contributed by atoms with van der Waals surface area (Å²) in [5, 5.41) is 5.15. The van der Waals surface area contributed by atoms with Gasteiger partial charge >= 0.3 is 0 Å². The lowest BCUT2D eigenvalue weighted by Crippen LogP contribution is -2.39. The molecule has 5 nitrogen and oxygen atoms in total. The molecule has 0 radical (unpaired) electrons. The molecule has 1 unspecified atom stereocenters. The molecule has 21 heavy (non-hydrogen) atoms. The van der Waals surface area contributed by atoms with Gasteiger partial charge in [0.1, 0.15) is 17.3 Å². The molecule has 7 heteroatoms. The van der Waals surface area contributed by atoms with E-state index in [2.05, 4.69) is 10.6 Å². The van der Waals surface area contributed by atoms with Crippen LogP contribution in [-0.2, 0) is 9.47 Å². The average molecular weight is 300 g/mol. The molecule has 0 aliphatic carbocycles. The summed E-state index contributed by atoms with van der Waals surface area (Å²) in [4.78, 5) is 11.9. The minimum Gasteiger partial charge on any atom is -0.381 e. The molecule has 1 fully saturated rings. The van der Waals surface area contributed by atoms with E-state index < -0.39 is 17.5 Å². The standard InChI is InChI=1S/C14H18F2N2O3/c1-2-17-13-11(15)5-9(6-12(13)16)14(19)18-7-10-8-20-3-4-21-10/h5-6,10,17H,2-4,7-8H2,1H3,(H,18,19). The summed E-state index contributed by atoms with van der Waals surface area (Å²) in [6.45, 7) is 3.75. The number of ether oxygens (including phenoxy) is 2. The summed E-state index contributed by atoms with van der Waals surface area (Å²) in [7, 11) is 0. The largest absolute Gasteiger partial charge is 0.381 e. The highest BCUT2D eigenvalue weighted by Crippen LogP contribution is 2.20. The first kappa shape index (κ1) is 15.7. The number of benzene rings is 1. The Morgan fingerprint density at radius 1 is 1.33 bits per heavy atom. The molecule has 2 rings (SSSR count). The summed E-state index contributed by atoms with van der Waals surface area (Å²) in [5.74, 6) is -2.14. The van der Waals surface area contributed by atoms with Gasteiger partial charge in [0, 0.05) is 18.7 Å². The van der Waals surface area contributed by atoms with E-state index in [0.29, 0.717) is 26.4 Å². The van der Waals surface area contributed by atoms with Gasteiger partial charge in [0.25, 0.3) is 5.91 Å². The van der Waals surface area contributed by atoms with Crippen LogP contribution in [0.1, 0.15) is 17.3 Å². The second-order valence-electron chi connectivity index (χ2n) is 4.62. The van der Waals surface area contributed by atoms with Gasteiger partial charge in [-0.2, -0.15) is 0 Å². The van der Waals surface area contributed by atoms with Gasteiger partial charge in [-0.1, -0.05) is 0 Å². The van der Waals surface area contributed by atoms with Crippen molar-refractivity contribution in [1.29, 1.82) is 0 Å². The molecule has 1 aliphatic heterocycles. The van der Waals surface area contributed by atoms with E-state index >= 15 is 0 Å². The maximum atomic E-state index is 13.7. The molecule has 2 N–H and O–H groups in total. The van der Waals surface area contributed by atoms with E-state index in [4.69, 9.17) is 9.47 Å². The molecule has 1 saturated heterocycles. The van der Waals surface area contributed by atoms with Crippen molar-refractivity contribution in [2.75, 3.05) is 38.2 Å². The first-order valence-electron chi connectivity index (χ1n) is 6.82. The van der Waals surface area contributed by atoms with Gasteiger partial charge in [-0.05, 0) is 19.1 Å². The molecule has 1 heterocycles. The molecule has 116 valence electrons. The molecule has 0 bridgehead atoms. The van der Waals surface area contributed by atoms with Crippen LogP contribution in [0, 0.1) is 11.6 Å². The predicted octanol–water partition coefficient (Wildman–Crippen LogP) is 1.54. The van der Waals surface area contributed by atoms with E-state index in [1.807, 2.05) is 0 Å². The zero-order valence-electron chi connectivity index (χ0n) is 11.7. The van der Waals surface area contributed by atoms with Crippen LogP contribution in [0.15, 0.2) is 12.1 Å². The van der Waals surface area contributed by atoms with Crippen molar-refractivity contribution in [1.82, 2.24) is 5.32 Å². The van der Waals surface area contributed by atoms with E-state index in [1.165, 1.54) is 0 Å². The van der Waals surface area contributed by atoms with Crippen LogP contribution in [0.2, 0.25) is 0 Å². The molecule has 0 spiro atoms. The number of rotatable bonds is 5. The van der Waals surface area contributed by atoms with Gasteiger partial charge in [-0.3, -0.25) is 4.79 Å². The van der Waals surface area contributed by atoms with Crippen LogP contribution in [0.3, 0.4) is 0 Å². The molecule has 0 aromatic heterocycles. The highest BCUT2D eigenvalue weighted by Gasteiger charge is 2.18. The van der Waals surface area contributed by atoms with Crippen molar-refractivity contribution in [3.05, 3.63) is 29.3 Å². The second-order valence-corrected chi connectivity index (χ2v) is 4.62. The maximum absolute atomic E-state index is 13.7. The van der Waals surface area contributed by atoms with Gasteiger partial charge in [0.15, 0.2) is 0 Å². The van der Waals surface area contributed by atoms with E-state index in [-0.39, 0.29) is 23.9 Å². The minimum atomic E-state index is -0.792. The number of halogens is 2. The predicted molar refractivity (Wildman–Crippen MR) is 73.4 cm³/mol. The Hall–Kier alpha value is -1.73. The fraction of sp³-hybridized carbons (Fsp3) is 0.500. The monoisotopic (exact) mass is 300 g/mol. The Morgan fingerprint density at radius 3 is 2.62 bits per heavy atom. The van der Waals surface area contributed by atoms with Crippen molar-refractivity contribution in [2.45, 2.75) is 13.0 Å². The minimum absolute atomic E-state index is 0.0663. The van der Waals surface area contributed by atoms with E-state index in [9.17, 15) is 13.6 Å². The molecule has 1 amide bonds. The van der Waals surface area contributed by atoms with Crippen LogP contribution >= 0.6 is 0 Å². The van der Waals surface area contributed by atoms with Crippen molar-refractivity contribution in [3.8, 4) is 0 Å². The highest BCUT2D eigenvalue weighted by molar-refractivity contribution is 5.94. The third-order valence-corrected chi connectivity index (χ3v) is 3.03. The molecular formula is C14H18F2N2O3. The lowest BCUT2D eigenvalue weighted by Gasteiger charge is -2.23. The van der Waals surface area contributed by atoms with Gasteiger partial charge in [-0.15, -0.1) is 0 Å². The van der Waals surface area contributed by atoms with Gasteiger partial charge in [0.05, 0.1) is 25.9 Å². The number of nitrogens with one attached hydrogen (secondary N) is 2. The molecule has 1 aromatic carbocycles. The summed E-state index contributed by atoms with van der Waals surface area (Å²) in [6, 6.07) is 2.02. The molecule has 1 aliphatic rings. The molecule has 0 saturated carbocycles. The number of carbonyl (C=O) groups excluding carboxylic acids is 1. The molecule has 1 aromatic rings. The Balaban J connectivity index is 1.98. The lowest BCUT2D eigenvalue weighted by atomic mass is 10.1. The third-order valence-electron chi connectivity index (χ3n) is 3.03. The van der Waals surface area contributed by atoms with Crippen molar-refractivity contribution < 1.29 is 23.0 Å². The van der Waals surface area contributed by atoms with Crippen LogP contribution in [0.25, 0.3) is 0 Å². The van der Waals surface area contributed by atoms with Crippen LogP contribution in [-0.4, -0.2) is 44.9 Å². The summed E-state index contributed by atoms with van der Waals surface area (Å²) < 4.78 is 38.0. The zero-order valence-corrected chi connectivity index (χ0v) is 11.7. The number of hydrogen-bond acceptors (Lipinski definition) is 4. The number of hydrogen-bond donors (Lipinski definition) is 2. The zero-order chi connectivity index (χ0) is 15.2. The topological polar surface area (TPSA) is 59.6 Å². The Kier molecular flexibility index (Phi) is 5.46. The highest BCUT2D eigenvalue weighted by atomic mass is 19.1. The summed E-state index contributed by atoms with van der Waals surface area (Å²) in [5.41, 5.74) is -0.290. The van der Waals surface area contributed by atoms with Crippen molar-refractivity contribution in [3.63, 3.8) is 0 Å². The summed E-state index contributed by atoms with van der Waals surface area (Å²) in [6.07, 6.45) is -0.238. The van der Waals surface area contributed by atoms with Crippen LogP contribution in [0.4, 0.5) is 14.5 Å². The maximum Gasteiger partial charge on any atom is 0.251 e. The van der Waals surface area contributed by atoms with E-state index in [0.717, 1.165) is 12.1 Å². The Labute approximate surface area is 121 Å².